The quantitative estimate of drug-likeness (QED) is 0.869. The van der Waals surface area contributed by atoms with Gasteiger partial charge in [-0.1, -0.05) is 18.4 Å². The Bertz CT molecular complexity index is 760. The number of carbonyl (C=O) groups is 2. The summed E-state index contributed by atoms with van der Waals surface area (Å²) in [5.41, 5.74) is 0.626. The minimum Gasteiger partial charge on any atom is -0.407 e. The number of unbranched alkanes of at least 4 members (excludes halogenated alkanes) is 1. The fraction of sp³-hybridized carbons (Fsp3) is 0.412. The molecule has 132 valence electrons. The van der Waals surface area contributed by atoms with Crippen LogP contribution in [0.4, 0.5) is 16.1 Å². The van der Waals surface area contributed by atoms with E-state index in [2.05, 4.69) is 15.5 Å². The molecule has 1 N–H and O–H groups in total. The normalized spacial score (nSPS) is 17.1. The zero-order chi connectivity index (χ0) is 17.8. The fourth-order valence-corrected chi connectivity index (χ4v) is 2.71. The van der Waals surface area contributed by atoms with Crippen LogP contribution in [-0.2, 0) is 9.59 Å². The summed E-state index contributed by atoms with van der Waals surface area (Å²) in [6, 6.07) is 5.79. The Morgan fingerprint density at radius 2 is 2.12 bits per heavy atom. The van der Waals surface area contributed by atoms with Gasteiger partial charge in [0.25, 0.3) is 0 Å². The van der Waals surface area contributed by atoms with E-state index in [1.54, 1.807) is 17.0 Å². The minimum atomic E-state index is -0.354. The largest absolute Gasteiger partial charge is 0.407 e. The van der Waals surface area contributed by atoms with Crippen molar-refractivity contribution < 1.29 is 18.4 Å². The molecule has 1 aliphatic heterocycles. The number of halogens is 1. The molecule has 1 aliphatic rings. The minimum absolute atomic E-state index is 0.0452. The van der Waals surface area contributed by atoms with Crippen molar-refractivity contribution in [3.05, 3.63) is 36.0 Å². The number of carbonyl (C=O) groups excluding carboxylic acids is 2. The SMILES string of the molecule is CCCCC(=O)Nc1nnc(C2CC(=O)N(c3ccc(F)cc3)C2)o1. The van der Waals surface area contributed by atoms with Crippen LogP contribution in [0, 0.1) is 5.82 Å². The van der Waals surface area contributed by atoms with Gasteiger partial charge in [0.15, 0.2) is 0 Å². The molecule has 3 rings (SSSR count). The molecule has 0 spiro atoms. The molecule has 2 heterocycles. The molecular weight excluding hydrogens is 327 g/mol. The highest BCUT2D eigenvalue weighted by Crippen LogP contribution is 2.31. The molecule has 1 fully saturated rings. The first-order valence-electron chi connectivity index (χ1n) is 8.26. The molecule has 1 aromatic carbocycles. The maximum absolute atomic E-state index is 13.0. The van der Waals surface area contributed by atoms with E-state index in [0.29, 0.717) is 24.5 Å². The number of benzene rings is 1. The topological polar surface area (TPSA) is 88.3 Å². The van der Waals surface area contributed by atoms with Crippen LogP contribution in [0.2, 0.25) is 0 Å². The van der Waals surface area contributed by atoms with Crippen LogP contribution in [0.1, 0.15) is 44.4 Å². The molecule has 7 nitrogen and oxygen atoms in total. The van der Waals surface area contributed by atoms with E-state index in [4.69, 9.17) is 4.42 Å². The highest BCUT2D eigenvalue weighted by molar-refractivity contribution is 5.96. The summed E-state index contributed by atoms with van der Waals surface area (Å²) < 4.78 is 18.5. The first-order chi connectivity index (χ1) is 12.1. The van der Waals surface area contributed by atoms with Crippen LogP contribution in [0.5, 0.6) is 0 Å². The predicted octanol–water partition coefficient (Wildman–Crippen LogP) is 2.86. The van der Waals surface area contributed by atoms with Crippen molar-refractivity contribution in [2.45, 2.75) is 38.5 Å². The van der Waals surface area contributed by atoms with E-state index < -0.39 is 0 Å². The number of aromatic nitrogens is 2. The van der Waals surface area contributed by atoms with Crippen molar-refractivity contribution in [1.29, 1.82) is 0 Å². The third-order valence-electron chi connectivity index (χ3n) is 4.06. The Kier molecular flexibility index (Phi) is 5.06. The Balaban J connectivity index is 1.64. The van der Waals surface area contributed by atoms with Gasteiger partial charge in [-0.3, -0.25) is 14.9 Å². The second kappa shape index (κ2) is 7.42. The molecule has 1 saturated heterocycles. The molecule has 0 aliphatic carbocycles. The maximum Gasteiger partial charge on any atom is 0.322 e. The van der Waals surface area contributed by atoms with Gasteiger partial charge in [0.05, 0.1) is 5.92 Å². The van der Waals surface area contributed by atoms with Crippen LogP contribution < -0.4 is 10.2 Å². The monoisotopic (exact) mass is 346 g/mol. The Labute approximate surface area is 144 Å². The summed E-state index contributed by atoms with van der Waals surface area (Å²) in [6.07, 6.45) is 2.33. The third-order valence-corrected chi connectivity index (χ3v) is 4.06. The van der Waals surface area contributed by atoms with Crippen molar-refractivity contribution >= 4 is 23.5 Å². The van der Waals surface area contributed by atoms with Crippen molar-refractivity contribution in [3.63, 3.8) is 0 Å². The zero-order valence-corrected chi connectivity index (χ0v) is 13.9. The average Bonchev–Trinajstić information content (AvgIpc) is 3.20. The number of nitrogens with one attached hydrogen (secondary N) is 1. The summed E-state index contributed by atoms with van der Waals surface area (Å²) in [5, 5.41) is 10.3. The van der Waals surface area contributed by atoms with Gasteiger partial charge in [-0.05, 0) is 30.7 Å². The van der Waals surface area contributed by atoms with E-state index in [-0.39, 0.29) is 36.0 Å². The van der Waals surface area contributed by atoms with Crippen LogP contribution >= 0.6 is 0 Å². The highest BCUT2D eigenvalue weighted by atomic mass is 19.1. The molecule has 2 amide bonds. The number of anilines is 2. The van der Waals surface area contributed by atoms with E-state index in [0.717, 1.165) is 12.8 Å². The summed E-state index contributed by atoms with van der Waals surface area (Å²) >= 11 is 0. The van der Waals surface area contributed by atoms with Gasteiger partial charge >= 0.3 is 6.01 Å². The second-order valence-corrected chi connectivity index (χ2v) is 5.98. The smallest absolute Gasteiger partial charge is 0.322 e. The molecule has 0 saturated carbocycles. The molecule has 25 heavy (non-hydrogen) atoms. The Morgan fingerprint density at radius 3 is 2.84 bits per heavy atom. The predicted molar refractivity (Wildman–Crippen MR) is 88.6 cm³/mol. The van der Waals surface area contributed by atoms with E-state index in [1.165, 1.54) is 12.1 Å². The van der Waals surface area contributed by atoms with Crippen LogP contribution in [0.3, 0.4) is 0 Å². The Morgan fingerprint density at radius 1 is 1.36 bits per heavy atom. The molecule has 1 aromatic heterocycles. The van der Waals surface area contributed by atoms with Crippen LogP contribution in [0.15, 0.2) is 28.7 Å². The number of rotatable bonds is 6. The van der Waals surface area contributed by atoms with Crippen molar-refractivity contribution in [1.82, 2.24) is 10.2 Å². The molecule has 0 bridgehead atoms. The number of hydrogen-bond donors (Lipinski definition) is 1. The first kappa shape index (κ1) is 17.1. The van der Waals surface area contributed by atoms with Crippen molar-refractivity contribution in [3.8, 4) is 0 Å². The molecule has 0 radical (unpaired) electrons. The summed E-state index contributed by atoms with van der Waals surface area (Å²) in [7, 11) is 0. The fourth-order valence-electron chi connectivity index (χ4n) is 2.71. The molecule has 2 aromatic rings. The van der Waals surface area contributed by atoms with Gasteiger partial charge in [-0.25, -0.2) is 4.39 Å². The first-order valence-corrected chi connectivity index (χ1v) is 8.26. The van der Waals surface area contributed by atoms with Gasteiger partial charge < -0.3 is 9.32 Å². The van der Waals surface area contributed by atoms with Gasteiger partial charge in [-0.15, -0.1) is 5.10 Å². The lowest BCUT2D eigenvalue weighted by Gasteiger charge is -2.15. The number of hydrogen-bond acceptors (Lipinski definition) is 5. The van der Waals surface area contributed by atoms with Gasteiger partial charge in [0.1, 0.15) is 5.82 Å². The van der Waals surface area contributed by atoms with Crippen molar-refractivity contribution in [2.24, 2.45) is 0 Å². The second-order valence-electron chi connectivity index (χ2n) is 5.98. The summed E-state index contributed by atoms with van der Waals surface area (Å²) in [5.74, 6) is -0.571. The lowest BCUT2D eigenvalue weighted by Crippen LogP contribution is -2.24. The lowest BCUT2D eigenvalue weighted by atomic mass is 10.1. The Hall–Kier alpha value is -2.77. The number of nitrogens with zero attached hydrogens (tertiary/aromatic N) is 3. The van der Waals surface area contributed by atoms with E-state index in [1.807, 2.05) is 6.92 Å². The summed E-state index contributed by atoms with van der Waals surface area (Å²) in [6.45, 7) is 2.37. The third kappa shape index (κ3) is 4.01. The average molecular weight is 346 g/mol. The molecule has 1 unspecified atom stereocenters. The molecule has 1 atom stereocenters. The number of amides is 2. The van der Waals surface area contributed by atoms with Gasteiger partial charge in [0.2, 0.25) is 17.7 Å². The lowest BCUT2D eigenvalue weighted by molar-refractivity contribution is -0.117. The molecular formula is C17H19FN4O3. The van der Waals surface area contributed by atoms with Gasteiger partial charge in [-0.2, -0.15) is 0 Å². The van der Waals surface area contributed by atoms with E-state index in [9.17, 15) is 14.0 Å². The standard InChI is InChI=1S/C17H19FN4O3/c1-2-3-4-14(23)19-17-21-20-16(25-17)11-9-15(24)22(10-11)13-7-5-12(18)6-8-13/h5-8,11H,2-4,9-10H2,1H3,(H,19,21,23). The van der Waals surface area contributed by atoms with Crippen LogP contribution in [-0.4, -0.2) is 28.6 Å². The van der Waals surface area contributed by atoms with Gasteiger partial charge in [0, 0.05) is 25.1 Å². The zero-order valence-electron chi connectivity index (χ0n) is 13.9. The maximum atomic E-state index is 13.0. The molecule has 8 heteroatoms. The highest BCUT2D eigenvalue weighted by Gasteiger charge is 2.35. The van der Waals surface area contributed by atoms with E-state index >= 15 is 0 Å². The van der Waals surface area contributed by atoms with Crippen molar-refractivity contribution in [2.75, 3.05) is 16.8 Å². The van der Waals surface area contributed by atoms with Crippen LogP contribution in [0.25, 0.3) is 0 Å². The summed E-state index contributed by atoms with van der Waals surface area (Å²) in [4.78, 5) is 25.5.